The minimum Gasteiger partial charge on any atom is -0.258 e. The van der Waals surface area contributed by atoms with Gasteiger partial charge in [-0.2, -0.15) is 0 Å². The van der Waals surface area contributed by atoms with Crippen molar-refractivity contribution >= 4 is 50.9 Å². The maximum absolute atomic E-state index is 10.4. The first-order valence-electron chi connectivity index (χ1n) is 4.52. The largest absolute Gasteiger partial charge is 0.269 e. The second kappa shape index (κ2) is 6.62. The molecule has 0 N–H and O–H groups in total. The standard InChI is InChI=1S/C10H11I2NO2/c11-6-9(7-12)5-8-1-3-10(4-2-8)13(14)15/h1-4,9H,5-7H2. The highest BCUT2D eigenvalue weighted by molar-refractivity contribution is 14.1. The Morgan fingerprint density at radius 1 is 1.20 bits per heavy atom. The summed E-state index contributed by atoms with van der Waals surface area (Å²) in [5, 5.41) is 10.4. The minimum atomic E-state index is -0.363. The van der Waals surface area contributed by atoms with E-state index in [0.717, 1.165) is 15.3 Å². The Bertz CT molecular complexity index is 323. The maximum atomic E-state index is 10.4. The number of nitro benzene ring substituents is 1. The summed E-state index contributed by atoms with van der Waals surface area (Å²) in [4.78, 5) is 10.1. The zero-order chi connectivity index (χ0) is 11.3. The predicted octanol–water partition coefficient (Wildman–Crippen LogP) is 3.62. The van der Waals surface area contributed by atoms with Crippen molar-refractivity contribution in [3.8, 4) is 0 Å². The fourth-order valence-electron chi connectivity index (χ4n) is 1.24. The summed E-state index contributed by atoms with van der Waals surface area (Å²) < 4.78 is 2.25. The molecule has 5 heteroatoms. The monoisotopic (exact) mass is 431 g/mol. The molecule has 0 heterocycles. The van der Waals surface area contributed by atoms with Gasteiger partial charge < -0.3 is 0 Å². The number of nitro groups is 1. The molecular weight excluding hydrogens is 420 g/mol. The molecule has 1 aromatic carbocycles. The van der Waals surface area contributed by atoms with E-state index < -0.39 is 0 Å². The molecule has 1 rings (SSSR count). The van der Waals surface area contributed by atoms with Gasteiger partial charge in [-0.1, -0.05) is 57.3 Å². The van der Waals surface area contributed by atoms with Gasteiger partial charge in [-0.05, 0) is 17.9 Å². The predicted molar refractivity (Wildman–Crippen MR) is 78.1 cm³/mol. The van der Waals surface area contributed by atoms with Crippen molar-refractivity contribution in [3.05, 3.63) is 39.9 Å². The van der Waals surface area contributed by atoms with Crippen LogP contribution in [0.2, 0.25) is 0 Å². The summed E-state index contributed by atoms with van der Waals surface area (Å²) in [5.74, 6) is 0.660. The maximum Gasteiger partial charge on any atom is 0.269 e. The minimum absolute atomic E-state index is 0.166. The second-order valence-corrected chi connectivity index (χ2v) is 5.06. The van der Waals surface area contributed by atoms with E-state index in [1.54, 1.807) is 12.1 Å². The molecule has 0 aliphatic carbocycles. The first kappa shape index (κ1) is 13.1. The Balaban J connectivity index is 2.67. The van der Waals surface area contributed by atoms with Crippen molar-refractivity contribution in [2.24, 2.45) is 5.92 Å². The van der Waals surface area contributed by atoms with Gasteiger partial charge in [-0.25, -0.2) is 0 Å². The number of hydrogen-bond acceptors (Lipinski definition) is 2. The lowest BCUT2D eigenvalue weighted by Gasteiger charge is -2.09. The molecule has 0 spiro atoms. The van der Waals surface area contributed by atoms with E-state index in [1.807, 2.05) is 12.1 Å². The summed E-state index contributed by atoms with van der Waals surface area (Å²) in [5.41, 5.74) is 1.35. The van der Waals surface area contributed by atoms with E-state index in [0.29, 0.717) is 5.92 Å². The SMILES string of the molecule is O=[N+]([O-])c1ccc(CC(CI)CI)cc1. The molecule has 82 valence electrons. The van der Waals surface area contributed by atoms with E-state index >= 15 is 0 Å². The van der Waals surface area contributed by atoms with Gasteiger partial charge in [0.25, 0.3) is 5.69 Å². The lowest BCUT2D eigenvalue weighted by molar-refractivity contribution is -0.384. The third-order valence-electron chi connectivity index (χ3n) is 2.11. The molecule has 0 fully saturated rings. The quantitative estimate of drug-likeness (QED) is 0.310. The van der Waals surface area contributed by atoms with Crippen LogP contribution >= 0.6 is 45.2 Å². The van der Waals surface area contributed by atoms with Gasteiger partial charge in [0, 0.05) is 21.0 Å². The van der Waals surface area contributed by atoms with Crippen LogP contribution in [0.3, 0.4) is 0 Å². The van der Waals surface area contributed by atoms with Crippen LogP contribution in [0.15, 0.2) is 24.3 Å². The van der Waals surface area contributed by atoms with Crippen LogP contribution in [0.25, 0.3) is 0 Å². The summed E-state index contributed by atoms with van der Waals surface area (Å²) in [6, 6.07) is 6.85. The third-order valence-corrected chi connectivity index (χ3v) is 4.60. The molecule has 15 heavy (non-hydrogen) atoms. The van der Waals surface area contributed by atoms with Gasteiger partial charge in [0.1, 0.15) is 0 Å². The van der Waals surface area contributed by atoms with Crippen LogP contribution in [0.5, 0.6) is 0 Å². The second-order valence-electron chi connectivity index (χ2n) is 3.30. The van der Waals surface area contributed by atoms with Crippen LogP contribution in [-0.4, -0.2) is 13.8 Å². The number of rotatable bonds is 5. The first-order chi connectivity index (χ1) is 7.17. The van der Waals surface area contributed by atoms with Crippen molar-refractivity contribution in [2.75, 3.05) is 8.86 Å². The molecule has 0 bridgehead atoms. The molecule has 0 radical (unpaired) electrons. The zero-order valence-electron chi connectivity index (χ0n) is 8.03. The molecule has 0 saturated carbocycles. The van der Waals surface area contributed by atoms with E-state index in [4.69, 9.17) is 0 Å². The molecule has 0 unspecified atom stereocenters. The summed E-state index contributed by atoms with van der Waals surface area (Å²) in [6.07, 6.45) is 1.00. The highest BCUT2D eigenvalue weighted by Crippen LogP contribution is 2.17. The van der Waals surface area contributed by atoms with Gasteiger partial charge in [-0.15, -0.1) is 0 Å². The average Bonchev–Trinajstić information content (AvgIpc) is 2.26. The van der Waals surface area contributed by atoms with Crippen molar-refractivity contribution in [2.45, 2.75) is 6.42 Å². The first-order valence-corrected chi connectivity index (χ1v) is 7.57. The van der Waals surface area contributed by atoms with E-state index in [1.165, 1.54) is 5.56 Å². The van der Waals surface area contributed by atoms with Crippen LogP contribution in [-0.2, 0) is 6.42 Å². The normalized spacial score (nSPS) is 10.6. The Labute approximate surface area is 116 Å². The molecule has 0 aliphatic rings. The average molecular weight is 431 g/mol. The fraction of sp³-hybridized carbons (Fsp3) is 0.400. The highest BCUT2D eigenvalue weighted by Gasteiger charge is 2.08. The molecule has 0 saturated heterocycles. The number of hydrogen-bond donors (Lipinski definition) is 0. The molecule has 0 atom stereocenters. The van der Waals surface area contributed by atoms with Crippen LogP contribution < -0.4 is 0 Å². The highest BCUT2D eigenvalue weighted by atomic mass is 127. The third kappa shape index (κ3) is 4.21. The number of halogens is 2. The lowest BCUT2D eigenvalue weighted by atomic mass is 10.0. The number of benzene rings is 1. The molecule has 0 aromatic heterocycles. The van der Waals surface area contributed by atoms with Crippen LogP contribution in [0, 0.1) is 16.0 Å². The van der Waals surface area contributed by atoms with Crippen molar-refractivity contribution in [3.63, 3.8) is 0 Å². The van der Waals surface area contributed by atoms with Gasteiger partial charge in [0.2, 0.25) is 0 Å². The lowest BCUT2D eigenvalue weighted by Crippen LogP contribution is -2.07. The summed E-state index contributed by atoms with van der Waals surface area (Å²) in [7, 11) is 0. The van der Waals surface area contributed by atoms with Gasteiger partial charge in [-0.3, -0.25) is 10.1 Å². The Hall–Kier alpha value is 0.0800. The van der Waals surface area contributed by atoms with Gasteiger partial charge >= 0.3 is 0 Å². The van der Waals surface area contributed by atoms with Gasteiger partial charge in [0.15, 0.2) is 0 Å². The fourth-order valence-corrected chi connectivity index (χ4v) is 3.67. The summed E-state index contributed by atoms with van der Waals surface area (Å²) in [6.45, 7) is 0. The number of non-ortho nitro benzene ring substituents is 1. The van der Waals surface area contributed by atoms with E-state index in [2.05, 4.69) is 45.2 Å². The Kier molecular flexibility index (Phi) is 5.80. The topological polar surface area (TPSA) is 43.1 Å². The molecule has 3 nitrogen and oxygen atoms in total. The van der Waals surface area contributed by atoms with E-state index in [9.17, 15) is 10.1 Å². The molecule has 0 amide bonds. The van der Waals surface area contributed by atoms with Crippen molar-refractivity contribution < 1.29 is 4.92 Å². The molecular formula is C10H11I2NO2. The summed E-state index contributed by atoms with van der Waals surface area (Å²) >= 11 is 4.76. The van der Waals surface area contributed by atoms with E-state index in [-0.39, 0.29) is 10.6 Å². The zero-order valence-corrected chi connectivity index (χ0v) is 12.3. The van der Waals surface area contributed by atoms with Crippen molar-refractivity contribution in [1.82, 2.24) is 0 Å². The number of alkyl halides is 2. The molecule has 0 aliphatic heterocycles. The Morgan fingerprint density at radius 3 is 2.13 bits per heavy atom. The number of nitrogens with zero attached hydrogens (tertiary/aromatic N) is 1. The van der Waals surface area contributed by atoms with Crippen LogP contribution in [0.1, 0.15) is 5.56 Å². The van der Waals surface area contributed by atoms with Gasteiger partial charge in [0.05, 0.1) is 4.92 Å². The smallest absolute Gasteiger partial charge is 0.258 e. The Morgan fingerprint density at radius 2 is 1.73 bits per heavy atom. The molecule has 1 aromatic rings. The van der Waals surface area contributed by atoms with Crippen LogP contribution in [0.4, 0.5) is 5.69 Å². The van der Waals surface area contributed by atoms with Crippen molar-refractivity contribution in [1.29, 1.82) is 0 Å².